The molecule has 0 saturated carbocycles. The first-order valence-electron chi connectivity index (χ1n) is 9.24. The highest BCUT2D eigenvalue weighted by atomic mass is 16.5. The SMILES string of the molecule is CC(=O)CCCCCCCCCCNC(=O)c1ccc(C(O)O)cc1. The van der Waals surface area contributed by atoms with E-state index in [0.717, 1.165) is 25.7 Å². The molecule has 0 aliphatic rings. The standard InChI is InChI=1S/C20H31NO4/c1-16(22)10-8-6-4-2-3-5-7-9-15-21-19(23)17-11-13-18(14-12-17)20(24)25/h11-14,20,24-25H,2-10,15H2,1H3,(H,21,23). The molecule has 0 radical (unpaired) electrons. The molecule has 0 saturated heterocycles. The van der Waals surface area contributed by atoms with Crippen LogP contribution in [0.25, 0.3) is 0 Å². The summed E-state index contributed by atoms with van der Waals surface area (Å²) < 4.78 is 0. The van der Waals surface area contributed by atoms with Crippen LogP contribution in [-0.2, 0) is 4.79 Å². The molecule has 0 heterocycles. The summed E-state index contributed by atoms with van der Waals surface area (Å²) in [6.45, 7) is 2.30. The topological polar surface area (TPSA) is 86.6 Å². The fourth-order valence-corrected chi connectivity index (χ4v) is 2.67. The van der Waals surface area contributed by atoms with Gasteiger partial charge in [0, 0.05) is 24.1 Å². The fourth-order valence-electron chi connectivity index (χ4n) is 2.67. The van der Waals surface area contributed by atoms with Gasteiger partial charge in [0.05, 0.1) is 0 Å². The van der Waals surface area contributed by atoms with Crippen molar-refractivity contribution in [1.82, 2.24) is 5.32 Å². The van der Waals surface area contributed by atoms with Crippen LogP contribution in [0.2, 0.25) is 0 Å². The van der Waals surface area contributed by atoms with Gasteiger partial charge in [0.1, 0.15) is 5.78 Å². The van der Waals surface area contributed by atoms with E-state index in [9.17, 15) is 9.59 Å². The van der Waals surface area contributed by atoms with Crippen molar-refractivity contribution in [2.45, 2.75) is 71.0 Å². The van der Waals surface area contributed by atoms with Crippen LogP contribution in [0.3, 0.4) is 0 Å². The van der Waals surface area contributed by atoms with Crippen molar-refractivity contribution in [2.24, 2.45) is 0 Å². The van der Waals surface area contributed by atoms with Crippen LogP contribution >= 0.6 is 0 Å². The lowest BCUT2D eigenvalue weighted by Crippen LogP contribution is -2.24. The van der Waals surface area contributed by atoms with Gasteiger partial charge in [-0.3, -0.25) is 4.79 Å². The van der Waals surface area contributed by atoms with Gasteiger partial charge in [-0.25, -0.2) is 0 Å². The maximum Gasteiger partial charge on any atom is 0.251 e. The molecule has 0 bridgehead atoms. The maximum atomic E-state index is 11.9. The van der Waals surface area contributed by atoms with Crippen molar-refractivity contribution >= 4 is 11.7 Å². The number of hydrogen-bond acceptors (Lipinski definition) is 4. The van der Waals surface area contributed by atoms with Gasteiger partial charge in [0.2, 0.25) is 0 Å². The van der Waals surface area contributed by atoms with Gasteiger partial charge in [-0.1, -0.05) is 50.7 Å². The Balaban J connectivity index is 2.00. The summed E-state index contributed by atoms with van der Waals surface area (Å²) in [6, 6.07) is 6.26. The predicted octanol–water partition coefficient (Wildman–Crippen LogP) is 3.50. The summed E-state index contributed by atoms with van der Waals surface area (Å²) in [5, 5.41) is 20.9. The second kappa shape index (κ2) is 12.6. The molecule has 5 nitrogen and oxygen atoms in total. The Bertz CT molecular complexity index is 511. The highest BCUT2D eigenvalue weighted by Gasteiger charge is 2.07. The summed E-state index contributed by atoms with van der Waals surface area (Å²) in [6.07, 6.45) is 8.21. The highest BCUT2D eigenvalue weighted by molar-refractivity contribution is 5.94. The van der Waals surface area contributed by atoms with Crippen molar-refractivity contribution in [2.75, 3.05) is 6.54 Å². The number of aliphatic hydroxyl groups excluding tert-OH is 1. The van der Waals surface area contributed by atoms with Crippen molar-refractivity contribution in [3.8, 4) is 0 Å². The molecule has 1 rings (SSSR count). The van der Waals surface area contributed by atoms with Gasteiger partial charge < -0.3 is 20.3 Å². The number of aliphatic hydroxyl groups is 2. The molecule has 0 spiro atoms. The van der Waals surface area contributed by atoms with Crippen LogP contribution in [0.4, 0.5) is 0 Å². The Labute approximate surface area is 150 Å². The van der Waals surface area contributed by atoms with E-state index in [0.29, 0.717) is 24.1 Å². The number of carbonyl (C=O) groups is 2. The molecule has 0 unspecified atom stereocenters. The molecule has 3 N–H and O–H groups in total. The third-order valence-corrected chi connectivity index (χ3v) is 4.21. The summed E-state index contributed by atoms with van der Waals surface area (Å²) in [4.78, 5) is 22.8. The minimum Gasteiger partial charge on any atom is -0.364 e. The van der Waals surface area contributed by atoms with Crippen LogP contribution in [0.1, 0.15) is 86.9 Å². The van der Waals surface area contributed by atoms with Crippen LogP contribution in [0.5, 0.6) is 0 Å². The van der Waals surface area contributed by atoms with E-state index in [4.69, 9.17) is 10.2 Å². The van der Waals surface area contributed by atoms with Crippen molar-refractivity contribution < 1.29 is 19.8 Å². The first kappa shape index (κ1) is 21.3. The number of nitrogens with one attached hydrogen (secondary N) is 1. The van der Waals surface area contributed by atoms with E-state index in [1.54, 1.807) is 19.1 Å². The molecule has 1 aromatic rings. The number of unbranched alkanes of at least 4 members (excludes halogenated alkanes) is 7. The summed E-state index contributed by atoms with van der Waals surface area (Å²) in [7, 11) is 0. The molecule has 5 heteroatoms. The normalized spacial score (nSPS) is 10.9. The van der Waals surface area contributed by atoms with Crippen LogP contribution in [0.15, 0.2) is 24.3 Å². The monoisotopic (exact) mass is 349 g/mol. The van der Waals surface area contributed by atoms with E-state index < -0.39 is 6.29 Å². The molecular weight excluding hydrogens is 318 g/mol. The minimum absolute atomic E-state index is 0.135. The average Bonchev–Trinajstić information content (AvgIpc) is 2.59. The van der Waals surface area contributed by atoms with E-state index in [2.05, 4.69) is 5.32 Å². The zero-order valence-corrected chi connectivity index (χ0v) is 15.2. The molecule has 1 amide bonds. The second-order valence-corrected chi connectivity index (χ2v) is 6.53. The van der Waals surface area contributed by atoms with Crippen molar-refractivity contribution in [1.29, 1.82) is 0 Å². The van der Waals surface area contributed by atoms with Gasteiger partial charge >= 0.3 is 0 Å². The van der Waals surface area contributed by atoms with E-state index in [-0.39, 0.29) is 11.7 Å². The molecule has 0 fully saturated rings. The number of carbonyl (C=O) groups excluding carboxylic acids is 2. The van der Waals surface area contributed by atoms with Crippen molar-refractivity contribution in [3.05, 3.63) is 35.4 Å². The Kier molecular flexibility index (Phi) is 10.8. The number of benzene rings is 1. The van der Waals surface area contributed by atoms with Crippen LogP contribution < -0.4 is 5.32 Å². The van der Waals surface area contributed by atoms with Crippen LogP contribution in [-0.4, -0.2) is 28.4 Å². The summed E-state index contributed by atoms with van der Waals surface area (Å²) >= 11 is 0. The van der Waals surface area contributed by atoms with E-state index >= 15 is 0 Å². The maximum absolute atomic E-state index is 11.9. The first-order valence-corrected chi connectivity index (χ1v) is 9.24. The molecule has 0 aliphatic carbocycles. The molecule has 1 aromatic carbocycles. The largest absolute Gasteiger partial charge is 0.364 e. The third kappa shape index (κ3) is 9.99. The van der Waals surface area contributed by atoms with Crippen molar-refractivity contribution in [3.63, 3.8) is 0 Å². The molecule has 0 atom stereocenters. The van der Waals surface area contributed by atoms with E-state index in [1.807, 2.05) is 0 Å². The highest BCUT2D eigenvalue weighted by Crippen LogP contribution is 2.11. The molecule has 0 aromatic heterocycles. The number of amides is 1. The van der Waals surface area contributed by atoms with Crippen LogP contribution in [0, 0.1) is 0 Å². The molecule has 0 aliphatic heterocycles. The summed E-state index contributed by atoms with van der Waals surface area (Å²) in [5.74, 6) is 0.147. The Hall–Kier alpha value is -1.72. The molecule has 25 heavy (non-hydrogen) atoms. The van der Waals surface area contributed by atoms with Gasteiger partial charge in [0.25, 0.3) is 5.91 Å². The molecule has 140 valence electrons. The number of hydrogen-bond donors (Lipinski definition) is 3. The Morgan fingerprint density at radius 3 is 1.92 bits per heavy atom. The minimum atomic E-state index is -1.51. The van der Waals surface area contributed by atoms with Gasteiger partial charge in [-0.15, -0.1) is 0 Å². The number of Topliss-reactive ketones (excluding diaryl/α,β-unsaturated/α-hetero) is 1. The zero-order chi connectivity index (χ0) is 18.5. The summed E-state index contributed by atoms with van der Waals surface area (Å²) in [5.41, 5.74) is 0.896. The van der Waals surface area contributed by atoms with Gasteiger partial charge in [-0.2, -0.15) is 0 Å². The van der Waals surface area contributed by atoms with Gasteiger partial charge in [-0.05, 0) is 31.9 Å². The first-order chi connectivity index (χ1) is 12.0. The second-order valence-electron chi connectivity index (χ2n) is 6.53. The predicted molar refractivity (Wildman–Crippen MR) is 98.2 cm³/mol. The lowest BCUT2D eigenvalue weighted by Gasteiger charge is -2.07. The Morgan fingerprint density at radius 1 is 0.880 bits per heavy atom. The third-order valence-electron chi connectivity index (χ3n) is 4.21. The molecular formula is C20H31NO4. The average molecular weight is 349 g/mol. The smallest absolute Gasteiger partial charge is 0.251 e. The lowest BCUT2D eigenvalue weighted by atomic mass is 10.1. The number of ketones is 1. The quantitative estimate of drug-likeness (QED) is 0.376. The zero-order valence-electron chi connectivity index (χ0n) is 15.2. The number of rotatable bonds is 13. The fraction of sp³-hybridized carbons (Fsp3) is 0.600. The Morgan fingerprint density at radius 2 is 1.40 bits per heavy atom. The van der Waals surface area contributed by atoms with Gasteiger partial charge in [0.15, 0.2) is 6.29 Å². The lowest BCUT2D eigenvalue weighted by molar-refractivity contribution is -0.117. The van der Waals surface area contributed by atoms with E-state index in [1.165, 1.54) is 37.8 Å².